The van der Waals surface area contributed by atoms with Crippen LogP contribution in [0, 0.1) is 5.41 Å². The van der Waals surface area contributed by atoms with E-state index in [1.54, 1.807) is 0 Å². The molecule has 3 rings (SSSR count). The van der Waals surface area contributed by atoms with E-state index in [-0.39, 0.29) is 5.91 Å². The summed E-state index contributed by atoms with van der Waals surface area (Å²) < 4.78 is 0. The summed E-state index contributed by atoms with van der Waals surface area (Å²) in [5, 5.41) is 0. The molecule has 4 heteroatoms. The molecule has 2 N–H and O–H groups in total. The van der Waals surface area contributed by atoms with E-state index in [0.29, 0.717) is 17.8 Å². The van der Waals surface area contributed by atoms with Gasteiger partial charge in [0.2, 0.25) is 5.91 Å². The molecule has 2 heterocycles. The number of rotatable bonds is 6. The zero-order chi connectivity index (χ0) is 17.7. The second-order valence-electron chi connectivity index (χ2n) is 8.05. The summed E-state index contributed by atoms with van der Waals surface area (Å²) in [7, 11) is 0. The van der Waals surface area contributed by atoms with E-state index in [1.165, 1.54) is 37.9 Å². The fourth-order valence-corrected chi connectivity index (χ4v) is 4.78. The molecular formula is C21H33N3O. The lowest BCUT2D eigenvalue weighted by atomic mass is 9.68. The minimum atomic E-state index is -0.176. The fourth-order valence-electron chi connectivity index (χ4n) is 4.78. The molecule has 1 amide bonds. The minimum absolute atomic E-state index is 0.176. The molecule has 1 aromatic carbocycles. The van der Waals surface area contributed by atoms with Crippen molar-refractivity contribution in [2.75, 3.05) is 39.3 Å². The topological polar surface area (TPSA) is 49.6 Å². The van der Waals surface area contributed by atoms with E-state index in [4.69, 9.17) is 5.73 Å². The Labute approximate surface area is 152 Å². The second kappa shape index (κ2) is 8.33. The third-order valence-electron chi connectivity index (χ3n) is 6.25. The normalized spacial score (nSPS) is 24.4. The van der Waals surface area contributed by atoms with E-state index in [1.807, 2.05) is 0 Å². The van der Waals surface area contributed by atoms with Gasteiger partial charge in [0.25, 0.3) is 0 Å². The van der Waals surface area contributed by atoms with Crippen LogP contribution >= 0.6 is 0 Å². The van der Waals surface area contributed by atoms with Crippen molar-refractivity contribution in [2.45, 2.75) is 44.9 Å². The first-order valence-corrected chi connectivity index (χ1v) is 9.88. The number of hydrogen-bond donors (Lipinski definition) is 1. The largest absolute Gasteiger partial charge is 0.370 e. The molecule has 25 heavy (non-hydrogen) atoms. The molecule has 2 fully saturated rings. The SMILES string of the molecule is CCN1C[C@@H](c2ccccc2)CC2(CCN(CCCC(N)=O)CC2)C1. The molecule has 1 aromatic rings. The Morgan fingerprint density at radius 2 is 1.92 bits per heavy atom. The number of primary amides is 1. The highest BCUT2D eigenvalue weighted by Gasteiger charge is 2.41. The van der Waals surface area contributed by atoms with Gasteiger partial charge < -0.3 is 15.5 Å². The average Bonchev–Trinajstić information content (AvgIpc) is 2.63. The summed E-state index contributed by atoms with van der Waals surface area (Å²) in [6.45, 7) is 9.23. The van der Waals surface area contributed by atoms with Crippen molar-refractivity contribution in [3.63, 3.8) is 0 Å². The van der Waals surface area contributed by atoms with Crippen LogP contribution in [-0.2, 0) is 4.79 Å². The fraction of sp³-hybridized carbons (Fsp3) is 0.667. The maximum absolute atomic E-state index is 10.9. The average molecular weight is 344 g/mol. The smallest absolute Gasteiger partial charge is 0.217 e. The van der Waals surface area contributed by atoms with Gasteiger partial charge in [-0.05, 0) is 68.8 Å². The van der Waals surface area contributed by atoms with E-state index in [2.05, 4.69) is 47.1 Å². The van der Waals surface area contributed by atoms with Crippen LogP contribution in [0.2, 0.25) is 0 Å². The molecule has 2 aliphatic heterocycles. The maximum Gasteiger partial charge on any atom is 0.217 e. The van der Waals surface area contributed by atoms with Gasteiger partial charge in [-0.3, -0.25) is 4.79 Å². The highest BCUT2D eigenvalue weighted by atomic mass is 16.1. The highest BCUT2D eigenvalue weighted by molar-refractivity contribution is 5.73. The zero-order valence-corrected chi connectivity index (χ0v) is 15.6. The van der Waals surface area contributed by atoms with Crippen LogP contribution in [0.25, 0.3) is 0 Å². The molecule has 1 atom stereocenters. The molecule has 0 saturated carbocycles. The molecule has 0 radical (unpaired) electrons. The number of carbonyl (C=O) groups excluding carboxylic acids is 1. The monoisotopic (exact) mass is 343 g/mol. The van der Waals surface area contributed by atoms with E-state index >= 15 is 0 Å². The van der Waals surface area contributed by atoms with Crippen molar-refractivity contribution >= 4 is 5.91 Å². The number of nitrogens with two attached hydrogens (primary N) is 1. The summed E-state index contributed by atoms with van der Waals surface area (Å²) in [5.41, 5.74) is 7.23. The van der Waals surface area contributed by atoms with Gasteiger partial charge in [-0.2, -0.15) is 0 Å². The molecule has 2 aliphatic rings. The Morgan fingerprint density at radius 3 is 2.56 bits per heavy atom. The van der Waals surface area contributed by atoms with Crippen molar-refractivity contribution in [3.8, 4) is 0 Å². The number of benzene rings is 1. The van der Waals surface area contributed by atoms with Crippen molar-refractivity contribution in [1.82, 2.24) is 9.80 Å². The lowest BCUT2D eigenvalue weighted by Gasteiger charge is -2.50. The van der Waals surface area contributed by atoms with Crippen LogP contribution in [0.3, 0.4) is 0 Å². The van der Waals surface area contributed by atoms with Gasteiger partial charge in [0, 0.05) is 19.5 Å². The molecule has 2 saturated heterocycles. The van der Waals surface area contributed by atoms with Gasteiger partial charge in [-0.25, -0.2) is 0 Å². The molecule has 0 bridgehead atoms. The third-order valence-corrected chi connectivity index (χ3v) is 6.25. The molecule has 138 valence electrons. The first-order chi connectivity index (χ1) is 12.1. The lowest BCUT2D eigenvalue weighted by molar-refractivity contribution is -0.118. The van der Waals surface area contributed by atoms with Gasteiger partial charge in [-0.1, -0.05) is 37.3 Å². The third kappa shape index (κ3) is 4.83. The van der Waals surface area contributed by atoms with Crippen LogP contribution in [0.5, 0.6) is 0 Å². The van der Waals surface area contributed by atoms with Gasteiger partial charge in [0.1, 0.15) is 0 Å². The van der Waals surface area contributed by atoms with Crippen LogP contribution in [0.15, 0.2) is 30.3 Å². The maximum atomic E-state index is 10.9. The Bertz CT molecular complexity index is 552. The highest BCUT2D eigenvalue weighted by Crippen LogP contribution is 2.44. The molecule has 0 aromatic heterocycles. The summed E-state index contributed by atoms with van der Waals surface area (Å²) in [6, 6.07) is 11.1. The molecule has 4 nitrogen and oxygen atoms in total. The number of likely N-dealkylation sites (tertiary alicyclic amines) is 2. The molecular weight excluding hydrogens is 310 g/mol. The van der Waals surface area contributed by atoms with Crippen molar-refractivity contribution in [3.05, 3.63) is 35.9 Å². The quantitative estimate of drug-likeness (QED) is 0.864. The predicted octanol–water partition coefficient (Wildman–Crippen LogP) is 2.84. The van der Waals surface area contributed by atoms with Crippen molar-refractivity contribution in [1.29, 1.82) is 0 Å². The summed E-state index contributed by atoms with van der Waals surface area (Å²) in [5.74, 6) is 0.487. The first-order valence-electron chi connectivity index (χ1n) is 9.88. The standard InChI is InChI=1S/C21H33N3O/c1-2-23-16-19(18-7-4-3-5-8-18)15-21(17-23)10-13-24(14-11-21)12-6-9-20(22)25/h3-5,7-8,19H,2,6,9-17H2,1H3,(H2,22,25)/t19-/m0/s1. The number of piperidine rings is 2. The Morgan fingerprint density at radius 1 is 1.20 bits per heavy atom. The van der Waals surface area contributed by atoms with Gasteiger partial charge in [-0.15, -0.1) is 0 Å². The van der Waals surface area contributed by atoms with Gasteiger partial charge >= 0.3 is 0 Å². The number of hydrogen-bond acceptors (Lipinski definition) is 3. The molecule has 0 aliphatic carbocycles. The number of amides is 1. The lowest BCUT2D eigenvalue weighted by Crippen LogP contribution is -2.51. The van der Waals surface area contributed by atoms with Crippen LogP contribution in [0.1, 0.15) is 50.5 Å². The number of carbonyl (C=O) groups is 1. The summed E-state index contributed by atoms with van der Waals surface area (Å²) >= 11 is 0. The first kappa shape index (κ1) is 18.4. The van der Waals surface area contributed by atoms with Crippen molar-refractivity contribution < 1.29 is 4.79 Å². The van der Waals surface area contributed by atoms with Crippen LogP contribution < -0.4 is 5.73 Å². The number of nitrogens with zero attached hydrogens (tertiary/aromatic N) is 2. The second-order valence-corrected chi connectivity index (χ2v) is 8.05. The summed E-state index contributed by atoms with van der Waals surface area (Å²) in [4.78, 5) is 16.1. The van der Waals surface area contributed by atoms with Crippen LogP contribution in [-0.4, -0.2) is 55.0 Å². The van der Waals surface area contributed by atoms with Crippen molar-refractivity contribution in [2.24, 2.45) is 11.1 Å². The minimum Gasteiger partial charge on any atom is -0.370 e. The zero-order valence-electron chi connectivity index (χ0n) is 15.6. The summed E-state index contributed by atoms with van der Waals surface area (Å²) in [6.07, 6.45) is 5.30. The van der Waals surface area contributed by atoms with Gasteiger partial charge in [0.15, 0.2) is 0 Å². The Balaban J connectivity index is 1.60. The Kier molecular flexibility index (Phi) is 6.13. The predicted molar refractivity (Wildman–Crippen MR) is 102 cm³/mol. The van der Waals surface area contributed by atoms with E-state index in [0.717, 1.165) is 32.6 Å². The number of likely N-dealkylation sites (N-methyl/N-ethyl adjacent to an activating group) is 1. The molecule has 0 unspecified atom stereocenters. The van der Waals surface area contributed by atoms with Crippen LogP contribution in [0.4, 0.5) is 0 Å². The van der Waals surface area contributed by atoms with Gasteiger partial charge in [0.05, 0.1) is 0 Å². The van der Waals surface area contributed by atoms with E-state index in [9.17, 15) is 4.79 Å². The Hall–Kier alpha value is -1.39. The van der Waals surface area contributed by atoms with E-state index < -0.39 is 0 Å². The molecule has 1 spiro atoms.